The Labute approximate surface area is 116 Å². The van der Waals surface area contributed by atoms with E-state index in [1.165, 1.54) is 0 Å². The highest BCUT2D eigenvalue weighted by Gasteiger charge is 2.09. The zero-order valence-electron chi connectivity index (χ0n) is 11.5. The van der Waals surface area contributed by atoms with Crippen LogP contribution in [0.3, 0.4) is 0 Å². The Morgan fingerprint density at radius 1 is 1.30 bits per heavy atom. The first-order valence-corrected chi connectivity index (χ1v) is 6.42. The van der Waals surface area contributed by atoms with Gasteiger partial charge in [0.25, 0.3) is 0 Å². The molecule has 0 saturated heterocycles. The minimum atomic E-state index is 0.657. The Balaban J connectivity index is 1.85. The Morgan fingerprint density at radius 3 is 2.85 bits per heavy atom. The molecular weight excluding hydrogens is 252 g/mol. The number of aryl methyl sites for hydroxylation is 2. The second kappa shape index (κ2) is 5.16. The third kappa shape index (κ3) is 2.40. The summed E-state index contributed by atoms with van der Waals surface area (Å²) in [7, 11) is 1.98. The Morgan fingerprint density at radius 2 is 2.15 bits per heavy atom. The van der Waals surface area contributed by atoms with Gasteiger partial charge in [0.2, 0.25) is 0 Å². The van der Waals surface area contributed by atoms with Crippen LogP contribution in [0.4, 0.5) is 5.69 Å². The van der Waals surface area contributed by atoms with E-state index in [9.17, 15) is 0 Å². The number of nitrogens with one attached hydrogen (secondary N) is 2. The number of para-hydroxylation sites is 1. The van der Waals surface area contributed by atoms with Crippen molar-refractivity contribution in [3.05, 3.63) is 48.3 Å². The lowest BCUT2D eigenvalue weighted by Crippen LogP contribution is -2.06. The van der Waals surface area contributed by atoms with Gasteiger partial charge in [-0.1, -0.05) is 12.1 Å². The van der Waals surface area contributed by atoms with Crippen molar-refractivity contribution in [2.45, 2.75) is 13.5 Å². The van der Waals surface area contributed by atoms with Crippen LogP contribution in [-0.4, -0.2) is 24.7 Å². The lowest BCUT2D eigenvalue weighted by Gasteiger charge is -2.09. The van der Waals surface area contributed by atoms with Crippen molar-refractivity contribution >= 4 is 5.69 Å². The SMILES string of the molecule is Cc1nc(-c2ccccc2NCc2nccn2C)n[nH]1. The second-order valence-electron chi connectivity index (χ2n) is 4.60. The average molecular weight is 268 g/mol. The minimum Gasteiger partial charge on any atom is -0.377 e. The van der Waals surface area contributed by atoms with E-state index in [0.29, 0.717) is 12.4 Å². The zero-order valence-corrected chi connectivity index (χ0v) is 11.5. The fourth-order valence-corrected chi connectivity index (χ4v) is 2.04. The third-order valence-electron chi connectivity index (χ3n) is 3.12. The van der Waals surface area contributed by atoms with Crippen molar-refractivity contribution in [2.24, 2.45) is 7.05 Å². The van der Waals surface area contributed by atoms with E-state index in [1.807, 2.05) is 49.0 Å². The summed E-state index contributed by atoms with van der Waals surface area (Å²) >= 11 is 0. The third-order valence-corrected chi connectivity index (χ3v) is 3.12. The quantitative estimate of drug-likeness (QED) is 0.760. The van der Waals surface area contributed by atoms with Crippen LogP contribution in [0.1, 0.15) is 11.6 Å². The van der Waals surface area contributed by atoms with Crippen molar-refractivity contribution in [3.8, 4) is 11.4 Å². The number of benzene rings is 1. The molecule has 0 unspecified atom stereocenters. The maximum atomic E-state index is 4.38. The summed E-state index contributed by atoms with van der Waals surface area (Å²) in [6.07, 6.45) is 3.73. The predicted molar refractivity (Wildman–Crippen MR) is 77.1 cm³/mol. The largest absolute Gasteiger partial charge is 0.377 e. The van der Waals surface area contributed by atoms with Gasteiger partial charge in [-0.2, -0.15) is 5.10 Å². The lowest BCUT2D eigenvalue weighted by molar-refractivity contribution is 0.813. The molecule has 3 rings (SSSR count). The molecule has 0 saturated carbocycles. The van der Waals surface area contributed by atoms with E-state index in [4.69, 9.17) is 0 Å². The number of nitrogens with zero attached hydrogens (tertiary/aromatic N) is 4. The average Bonchev–Trinajstić information content (AvgIpc) is 3.06. The Bertz CT molecular complexity index is 712. The molecule has 3 aromatic rings. The molecule has 20 heavy (non-hydrogen) atoms. The summed E-state index contributed by atoms with van der Waals surface area (Å²) in [6, 6.07) is 7.99. The molecule has 0 bridgehead atoms. The number of aromatic nitrogens is 5. The van der Waals surface area contributed by atoms with Crippen molar-refractivity contribution in [1.82, 2.24) is 24.7 Å². The van der Waals surface area contributed by atoms with Crippen molar-refractivity contribution in [2.75, 3.05) is 5.32 Å². The van der Waals surface area contributed by atoms with E-state index < -0.39 is 0 Å². The monoisotopic (exact) mass is 268 g/mol. The van der Waals surface area contributed by atoms with Gasteiger partial charge in [-0.3, -0.25) is 5.10 Å². The fourth-order valence-electron chi connectivity index (χ4n) is 2.04. The molecule has 0 radical (unpaired) electrons. The number of anilines is 1. The number of aromatic amines is 1. The summed E-state index contributed by atoms with van der Waals surface area (Å²) in [5.74, 6) is 2.48. The Kier molecular flexibility index (Phi) is 3.20. The smallest absolute Gasteiger partial charge is 0.183 e. The molecule has 0 aliphatic heterocycles. The van der Waals surface area contributed by atoms with Gasteiger partial charge in [-0.25, -0.2) is 9.97 Å². The van der Waals surface area contributed by atoms with Gasteiger partial charge >= 0.3 is 0 Å². The summed E-state index contributed by atoms with van der Waals surface area (Å²) < 4.78 is 1.99. The van der Waals surface area contributed by atoms with Crippen molar-refractivity contribution in [1.29, 1.82) is 0 Å². The van der Waals surface area contributed by atoms with Gasteiger partial charge in [0.1, 0.15) is 11.6 Å². The van der Waals surface area contributed by atoms with Crippen LogP contribution in [0.2, 0.25) is 0 Å². The first kappa shape index (κ1) is 12.4. The van der Waals surface area contributed by atoms with Crippen LogP contribution in [0.5, 0.6) is 0 Å². The van der Waals surface area contributed by atoms with Gasteiger partial charge < -0.3 is 9.88 Å². The van der Waals surface area contributed by atoms with Gasteiger partial charge in [0, 0.05) is 30.7 Å². The molecular formula is C14H16N6. The summed E-state index contributed by atoms with van der Waals surface area (Å²) in [5.41, 5.74) is 1.97. The highest BCUT2D eigenvalue weighted by atomic mass is 15.2. The highest BCUT2D eigenvalue weighted by molar-refractivity contribution is 5.73. The van der Waals surface area contributed by atoms with Crippen molar-refractivity contribution < 1.29 is 0 Å². The number of hydrogen-bond acceptors (Lipinski definition) is 4. The summed E-state index contributed by atoms with van der Waals surface area (Å²) in [5, 5.41) is 10.5. The molecule has 0 amide bonds. The maximum absolute atomic E-state index is 4.38. The van der Waals surface area contributed by atoms with Crippen molar-refractivity contribution in [3.63, 3.8) is 0 Å². The molecule has 102 valence electrons. The van der Waals surface area contributed by atoms with Gasteiger partial charge in [0.15, 0.2) is 5.82 Å². The van der Waals surface area contributed by atoms with Gasteiger partial charge in [-0.05, 0) is 19.1 Å². The van der Waals surface area contributed by atoms with Crippen LogP contribution in [-0.2, 0) is 13.6 Å². The molecule has 0 fully saturated rings. The van der Waals surface area contributed by atoms with E-state index in [-0.39, 0.29) is 0 Å². The first-order valence-electron chi connectivity index (χ1n) is 6.42. The van der Waals surface area contributed by atoms with Crippen LogP contribution >= 0.6 is 0 Å². The number of rotatable bonds is 4. The molecule has 2 heterocycles. The van der Waals surface area contributed by atoms with Gasteiger partial charge in [0.05, 0.1) is 6.54 Å². The van der Waals surface area contributed by atoms with E-state index in [1.54, 1.807) is 6.20 Å². The first-order chi connectivity index (χ1) is 9.74. The highest BCUT2D eigenvalue weighted by Crippen LogP contribution is 2.25. The van der Waals surface area contributed by atoms with Gasteiger partial charge in [-0.15, -0.1) is 0 Å². The molecule has 1 aromatic carbocycles. The van der Waals surface area contributed by atoms with Crippen LogP contribution in [0.15, 0.2) is 36.7 Å². The van der Waals surface area contributed by atoms with Crippen LogP contribution < -0.4 is 5.32 Å². The molecule has 0 atom stereocenters. The van der Waals surface area contributed by atoms with E-state index in [0.717, 1.165) is 22.9 Å². The number of H-pyrrole nitrogens is 1. The number of imidazole rings is 1. The van der Waals surface area contributed by atoms with E-state index >= 15 is 0 Å². The van der Waals surface area contributed by atoms with Crippen LogP contribution in [0.25, 0.3) is 11.4 Å². The predicted octanol–water partition coefficient (Wildman–Crippen LogP) is 2.13. The van der Waals surface area contributed by atoms with Crippen LogP contribution in [0, 0.1) is 6.92 Å². The molecule has 0 aliphatic carbocycles. The normalized spacial score (nSPS) is 10.7. The molecule has 2 N–H and O–H groups in total. The maximum Gasteiger partial charge on any atom is 0.183 e. The zero-order chi connectivity index (χ0) is 13.9. The molecule has 6 nitrogen and oxygen atoms in total. The summed E-state index contributed by atoms with van der Waals surface area (Å²) in [4.78, 5) is 8.68. The second-order valence-corrected chi connectivity index (χ2v) is 4.60. The number of hydrogen-bond donors (Lipinski definition) is 2. The molecule has 6 heteroatoms. The molecule has 0 aliphatic rings. The fraction of sp³-hybridized carbons (Fsp3) is 0.214. The lowest BCUT2D eigenvalue weighted by atomic mass is 10.1. The van der Waals surface area contributed by atoms with E-state index in [2.05, 4.69) is 25.5 Å². The standard InChI is InChI=1S/C14H16N6/c1-10-17-14(19-18-10)11-5-3-4-6-12(11)16-9-13-15-7-8-20(13)2/h3-8,16H,9H2,1-2H3,(H,17,18,19). The Hall–Kier alpha value is -2.63. The molecule has 0 spiro atoms. The topological polar surface area (TPSA) is 71.4 Å². The molecule has 2 aromatic heterocycles. The summed E-state index contributed by atoms with van der Waals surface area (Å²) in [6.45, 7) is 2.55. The minimum absolute atomic E-state index is 0.657.